The molecule has 0 aromatic carbocycles. The van der Waals surface area contributed by atoms with Crippen molar-refractivity contribution < 1.29 is 39.6 Å². The minimum atomic E-state index is -0.500. The molecule has 0 fully saturated rings. The molecule has 0 rings (SSSR count). The summed E-state index contributed by atoms with van der Waals surface area (Å²) in [5, 5.41) is 33.0. The van der Waals surface area contributed by atoms with E-state index in [1.165, 1.54) is 0 Å². The molecule has 0 spiro atoms. The second kappa shape index (κ2) is 120. The van der Waals surface area contributed by atoms with Gasteiger partial charge in [-0.25, -0.2) is 0 Å². The van der Waals surface area contributed by atoms with Crippen molar-refractivity contribution >= 4 is 86.7 Å². The van der Waals surface area contributed by atoms with E-state index in [2.05, 4.69) is 0 Å². The van der Waals surface area contributed by atoms with E-state index >= 15 is 0 Å². The van der Waals surface area contributed by atoms with Gasteiger partial charge in [-0.1, -0.05) is 0 Å². The van der Waals surface area contributed by atoms with Crippen LogP contribution < -0.4 is 20.4 Å². The third kappa shape index (κ3) is 160000. The van der Waals surface area contributed by atoms with Gasteiger partial charge in [-0.3, -0.25) is 0 Å². The van der Waals surface area contributed by atoms with Crippen LogP contribution in [0, 0.1) is 0 Å². The number of carboxylic acid groups (broad SMARTS) is 4. The summed E-state index contributed by atoms with van der Waals surface area (Å²) in [6.07, 6.45) is 0. The van der Waals surface area contributed by atoms with Crippen molar-refractivity contribution in [3.05, 3.63) is 0 Å². The topological polar surface area (TPSA) is 161 Å². The van der Waals surface area contributed by atoms with Crippen molar-refractivity contribution in [1.29, 1.82) is 0 Å². The molecule has 10 heteroatoms. The van der Waals surface area contributed by atoms with Crippen molar-refractivity contribution in [2.24, 2.45) is 0 Å². The van der Waals surface area contributed by atoms with Gasteiger partial charge in [0.25, 0.3) is 0 Å². The third-order valence-electron chi connectivity index (χ3n) is 0. The standard InChI is InChI=1S/4CH2O2.Ca.Mg/c4*2-1-3;;/h4*1H,(H,2,3);;/q;;;;2*+2/p-4. The smallest absolute Gasteiger partial charge is 0.554 e. The van der Waals surface area contributed by atoms with E-state index in [9.17, 15) is 0 Å². The number of rotatable bonds is 0. The second-order valence-corrected chi connectivity index (χ2v) is 0.385. The Balaban J connectivity index is -0.0000000145. The van der Waals surface area contributed by atoms with Crippen molar-refractivity contribution in [2.45, 2.75) is 0 Å². The van der Waals surface area contributed by atoms with Crippen LogP contribution in [0.15, 0.2) is 0 Å². The summed E-state index contributed by atoms with van der Waals surface area (Å²) in [4.78, 5) is 33.0. The minimum Gasteiger partial charge on any atom is -0.554 e. The normalized spacial score (nSPS) is 3.43. The van der Waals surface area contributed by atoms with Crippen LogP contribution in [-0.2, 0) is 19.2 Å². The van der Waals surface area contributed by atoms with Gasteiger partial charge in [0, 0.05) is 25.9 Å². The summed E-state index contributed by atoms with van der Waals surface area (Å²) in [5.74, 6) is 0. The van der Waals surface area contributed by atoms with E-state index in [-0.39, 0.29) is 60.8 Å². The fraction of sp³-hybridized carbons (Fsp3) is 0. The molecular formula is C4H4CaMgO8. The van der Waals surface area contributed by atoms with E-state index in [1.54, 1.807) is 0 Å². The molecule has 0 heterocycles. The van der Waals surface area contributed by atoms with E-state index in [0.717, 1.165) is 0 Å². The van der Waals surface area contributed by atoms with Crippen LogP contribution >= 0.6 is 0 Å². The maximum Gasteiger partial charge on any atom is 2.00 e. The Morgan fingerprint density at radius 2 is 0.571 bits per heavy atom. The van der Waals surface area contributed by atoms with E-state index in [1.807, 2.05) is 0 Å². The Morgan fingerprint density at radius 1 is 0.571 bits per heavy atom. The third-order valence-corrected chi connectivity index (χ3v) is 0. The van der Waals surface area contributed by atoms with Gasteiger partial charge in [0.15, 0.2) is 0 Å². The fourth-order valence-electron chi connectivity index (χ4n) is 0. The zero-order chi connectivity index (χ0) is 10.8. The van der Waals surface area contributed by atoms with Crippen LogP contribution in [0.3, 0.4) is 0 Å². The molecule has 0 N–H and O–H groups in total. The molecule has 0 aliphatic rings. The Kier molecular flexibility index (Phi) is 317. The molecular weight excluding hydrogens is 240 g/mol. The summed E-state index contributed by atoms with van der Waals surface area (Å²) in [6.45, 7) is -2.00. The molecule has 0 amide bonds. The molecule has 0 unspecified atom stereocenters. The number of hydrogen-bond donors (Lipinski definition) is 0. The monoisotopic (exact) mass is 244 g/mol. The first-order valence-electron chi connectivity index (χ1n) is 1.89. The van der Waals surface area contributed by atoms with Crippen LogP contribution in [-0.4, -0.2) is 86.7 Å². The van der Waals surface area contributed by atoms with Gasteiger partial charge in [0.1, 0.15) is 0 Å². The molecule has 0 bridgehead atoms. The average molecular weight is 244 g/mol. The molecule has 0 atom stereocenters. The van der Waals surface area contributed by atoms with Crippen LogP contribution in [0.4, 0.5) is 0 Å². The summed E-state index contributed by atoms with van der Waals surface area (Å²) < 4.78 is 0. The number of hydrogen-bond acceptors (Lipinski definition) is 8. The summed E-state index contributed by atoms with van der Waals surface area (Å²) in [6, 6.07) is 0. The van der Waals surface area contributed by atoms with Crippen molar-refractivity contribution in [3.63, 3.8) is 0 Å². The largest absolute Gasteiger partial charge is 2.00 e. The Bertz CT molecular complexity index is 75.3. The molecule has 0 aliphatic heterocycles. The molecule has 0 aliphatic carbocycles. The quantitative estimate of drug-likeness (QED) is 0.300. The summed E-state index contributed by atoms with van der Waals surface area (Å²) in [7, 11) is 0. The molecule has 0 saturated heterocycles. The molecule has 72 valence electrons. The maximum atomic E-state index is 8.25. The molecule has 0 aromatic heterocycles. The average Bonchev–Trinajstić information content (AvgIpc) is 1.92. The van der Waals surface area contributed by atoms with Gasteiger partial charge in [-0.2, -0.15) is 0 Å². The Morgan fingerprint density at radius 3 is 0.571 bits per heavy atom. The van der Waals surface area contributed by atoms with E-state index in [0.29, 0.717) is 0 Å². The molecule has 8 nitrogen and oxygen atoms in total. The summed E-state index contributed by atoms with van der Waals surface area (Å²) >= 11 is 0. The van der Waals surface area contributed by atoms with Crippen molar-refractivity contribution in [3.8, 4) is 0 Å². The minimum absolute atomic E-state index is 0. The SMILES string of the molecule is O=C[O-].O=C[O-].O=C[O-].O=C[O-].[Ca+2].[Mg+2]. The van der Waals surface area contributed by atoms with Crippen LogP contribution in [0.25, 0.3) is 0 Å². The van der Waals surface area contributed by atoms with Crippen LogP contribution in [0.5, 0.6) is 0 Å². The Labute approximate surface area is 125 Å². The van der Waals surface area contributed by atoms with Crippen LogP contribution in [0.1, 0.15) is 0 Å². The van der Waals surface area contributed by atoms with Gasteiger partial charge < -0.3 is 39.6 Å². The van der Waals surface area contributed by atoms with Crippen molar-refractivity contribution in [1.82, 2.24) is 0 Å². The predicted octanol–water partition coefficient (Wildman–Crippen LogP) is -7.30. The first-order valence-corrected chi connectivity index (χ1v) is 1.89. The molecule has 0 saturated carbocycles. The summed E-state index contributed by atoms with van der Waals surface area (Å²) in [5.41, 5.74) is 0. The maximum absolute atomic E-state index is 8.25. The fourth-order valence-corrected chi connectivity index (χ4v) is 0. The van der Waals surface area contributed by atoms with Crippen molar-refractivity contribution in [2.75, 3.05) is 0 Å². The van der Waals surface area contributed by atoms with Gasteiger partial charge >= 0.3 is 60.8 Å². The zero-order valence-corrected chi connectivity index (χ0v) is 10.6. The first-order chi connectivity index (χ1) is 5.66. The Hall–Kier alpha value is -0.0940. The van der Waals surface area contributed by atoms with E-state index < -0.39 is 25.9 Å². The molecule has 14 heavy (non-hydrogen) atoms. The van der Waals surface area contributed by atoms with Gasteiger partial charge in [0.2, 0.25) is 0 Å². The zero-order valence-electron chi connectivity index (χ0n) is 6.99. The second-order valence-electron chi connectivity index (χ2n) is 0.385. The van der Waals surface area contributed by atoms with Gasteiger partial charge in [-0.05, 0) is 0 Å². The van der Waals surface area contributed by atoms with Crippen LogP contribution in [0.2, 0.25) is 0 Å². The first kappa shape index (κ1) is 37.1. The van der Waals surface area contributed by atoms with Gasteiger partial charge in [0.05, 0.1) is 0 Å². The number of carbonyl (C=O) groups excluding carboxylic acids is 4. The molecule has 0 radical (unpaired) electrons. The van der Waals surface area contributed by atoms with E-state index in [4.69, 9.17) is 39.6 Å². The van der Waals surface area contributed by atoms with Gasteiger partial charge in [-0.15, -0.1) is 0 Å². The predicted molar refractivity (Wildman–Crippen MR) is 35.8 cm³/mol. The number of carbonyl (C=O) groups is 4. The molecule has 0 aromatic rings.